The molecule has 1 aliphatic rings. The molecule has 1 atom stereocenters. The second-order valence-electron chi connectivity index (χ2n) is 3.64. The van der Waals surface area contributed by atoms with Gasteiger partial charge < -0.3 is 16.2 Å². The van der Waals surface area contributed by atoms with Crippen molar-refractivity contribution in [2.75, 3.05) is 22.6 Å². The zero-order valence-electron chi connectivity index (χ0n) is 8.64. The van der Waals surface area contributed by atoms with Crippen LogP contribution in [0.5, 0.6) is 0 Å². The van der Waals surface area contributed by atoms with E-state index in [9.17, 15) is 4.79 Å². The Balaban J connectivity index is 2.17. The lowest BCUT2D eigenvalue weighted by Crippen LogP contribution is -2.20. The number of hydrogen-bond acceptors (Lipinski definition) is 5. The third-order valence-electron chi connectivity index (χ3n) is 2.42. The van der Waals surface area contributed by atoms with Gasteiger partial charge in [0.15, 0.2) is 5.69 Å². The monoisotopic (exact) mass is 239 g/mol. The highest BCUT2D eigenvalue weighted by atomic mass is 32.2. The minimum absolute atomic E-state index is 0.0161. The van der Waals surface area contributed by atoms with Crippen LogP contribution in [-0.4, -0.2) is 33.6 Å². The van der Waals surface area contributed by atoms with E-state index in [0.29, 0.717) is 17.5 Å². The Morgan fingerprint density at radius 2 is 2.44 bits per heavy atom. The topological polar surface area (TPSA) is 88.2 Å². The number of carboxylic acids is 1. The van der Waals surface area contributed by atoms with Gasteiger partial charge in [-0.2, -0.15) is 11.8 Å². The lowest BCUT2D eigenvalue weighted by molar-refractivity contribution is 0.0690. The number of nitrogens with one attached hydrogen (secondary N) is 1. The summed E-state index contributed by atoms with van der Waals surface area (Å²) >= 11 is 1.87. The van der Waals surface area contributed by atoms with Crippen LogP contribution in [0.2, 0.25) is 0 Å². The number of carboxylic acid groups (broad SMARTS) is 1. The number of pyridine rings is 1. The Hall–Kier alpha value is -1.43. The van der Waals surface area contributed by atoms with Crippen molar-refractivity contribution in [2.24, 2.45) is 0 Å². The molecular formula is C10H13N3O2S. The van der Waals surface area contributed by atoms with Crippen molar-refractivity contribution in [3.05, 3.63) is 17.8 Å². The highest BCUT2D eigenvalue weighted by molar-refractivity contribution is 7.99. The zero-order chi connectivity index (χ0) is 11.5. The molecule has 0 spiro atoms. The van der Waals surface area contributed by atoms with Gasteiger partial charge in [-0.05, 0) is 24.3 Å². The Morgan fingerprint density at radius 3 is 3.06 bits per heavy atom. The number of nitrogens with zero attached hydrogens (tertiary/aromatic N) is 1. The lowest BCUT2D eigenvalue weighted by Gasteiger charge is -2.14. The summed E-state index contributed by atoms with van der Waals surface area (Å²) in [6, 6.07) is 3.32. The average molecular weight is 239 g/mol. The number of hydrogen-bond donors (Lipinski definition) is 3. The Kier molecular flexibility index (Phi) is 3.19. The van der Waals surface area contributed by atoms with Gasteiger partial charge in [0.05, 0.1) is 5.69 Å². The molecule has 1 aromatic rings. The molecule has 1 aliphatic heterocycles. The van der Waals surface area contributed by atoms with Crippen molar-refractivity contribution in [3.63, 3.8) is 0 Å². The van der Waals surface area contributed by atoms with Crippen LogP contribution in [0.15, 0.2) is 12.1 Å². The number of rotatable bonds is 3. The smallest absolute Gasteiger partial charge is 0.354 e. The van der Waals surface area contributed by atoms with Gasteiger partial charge in [0.2, 0.25) is 0 Å². The Labute approximate surface area is 97.4 Å². The molecule has 5 nitrogen and oxygen atoms in total. The van der Waals surface area contributed by atoms with E-state index < -0.39 is 5.97 Å². The van der Waals surface area contributed by atoms with Gasteiger partial charge in [0.25, 0.3) is 0 Å². The van der Waals surface area contributed by atoms with Crippen LogP contribution in [0.4, 0.5) is 11.5 Å². The number of nitrogen functional groups attached to an aromatic ring is 1. The third kappa shape index (κ3) is 2.38. The van der Waals surface area contributed by atoms with E-state index in [2.05, 4.69) is 10.3 Å². The van der Waals surface area contributed by atoms with Crippen molar-refractivity contribution in [2.45, 2.75) is 12.5 Å². The number of carbonyl (C=O) groups is 1. The fourth-order valence-corrected chi connectivity index (χ4v) is 2.70. The molecule has 6 heteroatoms. The number of aromatic carboxylic acids is 1. The van der Waals surface area contributed by atoms with Gasteiger partial charge in [-0.15, -0.1) is 0 Å². The molecule has 0 aromatic carbocycles. The summed E-state index contributed by atoms with van der Waals surface area (Å²) in [6.07, 6.45) is 1.06. The van der Waals surface area contributed by atoms with Gasteiger partial charge in [-0.3, -0.25) is 0 Å². The zero-order valence-corrected chi connectivity index (χ0v) is 9.46. The molecule has 2 rings (SSSR count). The molecule has 0 aliphatic carbocycles. The molecule has 16 heavy (non-hydrogen) atoms. The van der Waals surface area contributed by atoms with Crippen molar-refractivity contribution >= 4 is 29.2 Å². The van der Waals surface area contributed by atoms with E-state index in [1.165, 1.54) is 6.07 Å². The second-order valence-corrected chi connectivity index (χ2v) is 4.79. The number of thioether (sulfide) groups is 1. The highest BCUT2D eigenvalue weighted by Crippen LogP contribution is 2.23. The fraction of sp³-hybridized carbons (Fsp3) is 0.400. The highest BCUT2D eigenvalue weighted by Gasteiger charge is 2.17. The predicted molar refractivity (Wildman–Crippen MR) is 65.0 cm³/mol. The average Bonchev–Trinajstić information content (AvgIpc) is 2.73. The summed E-state index contributed by atoms with van der Waals surface area (Å²) in [7, 11) is 0. The maximum Gasteiger partial charge on any atom is 0.354 e. The van der Waals surface area contributed by atoms with Crippen LogP contribution < -0.4 is 11.1 Å². The van der Waals surface area contributed by atoms with E-state index >= 15 is 0 Å². The molecule has 0 radical (unpaired) electrons. The van der Waals surface area contributed by atoms with E-state index in [1.54, 1.807) is 6.07 Å². The van der Waals surface area contributed by atoms with Crippen LogP contribution in [0.3, 0.4) is 0 Å². The van der Waals surface area contributed by atoms with E-state index in [4.69, 9.17) is 10.8 Å². The molecule has 0 saturated carbocycles. The lowest BCUT2D eigenvalue weighted by atomic mass is 10.2. The summed E-state index contributed by atoms with van der Waals surface area (Å²) in [5, 5.41) is 12.0. The minimum Gasteiger partial charge on any atom is -0.477 e. The molecule has 0 amide bonds. The SMILES string of the molecule is Nc1ccc(C(=O)O)nc1NC1CCSC1. The fourth-order valence-electron chi connectivity index (χ4n) is 1.55. The van der Waals surface area contributed by atoms with Crippen molar-refractivity contribution in [1.29, 1.82) is 0 Å². The molecule has 2 heterocycles. The molecular weight excluding hydrogens is 226 g/mol. The molecule has 1 saturated heterocycles. The quantitative estimate of drug-likeness (QED) is 0.736. The van der Waals surface area contributed by atoms with Gasteiger partial charge >= 0.3 is 5.97 Å². The first-order valence-electron chi connectivity index (χ1n) is 5.01. The first-order valence-corrected chi connectivity index (χ1v) is 6.16. The van der Waals surface area contributed by atoms with Crippen LogP contribution in [0, 0.1) is 0 Å². The number of anilines is 2. The first-order chi connectivity index (χ1) is 7.66. The van der Waals surface area contributed by atoms with Gasteiger partial charge in [0.1, 0.15) is 5.82 Å². The van der Waals surface area contributed by atoms with Gasteiger partial charge in [0, 0.05) is 11.8 Å². The van der Waals surface area contributed by atoms with Crippen molar-refractivity contribution in [1.82, 2.24) is 4.98 Å². The third-order valence-corrected chi connectivity index (χ3v) is 3.58. The van der Waals surface area contributed by atoms with Crippen molar-refractivity contribution in [3.8, 4) is 0 Å². The largest absolute Gasteiger partial charge is 0.477 e. The van der Waals surface area contributed by atoms with Crippen LogP contribution in [0.25, 0.3) is 0 Å². The van der Waals surface area contributed by atoms with Gasteiger partial charge in [-0.1, -0.05) is 0 Å². The van der Waals surface area contributed by atoms with Crippen LogP contribution in [-0.2, 0) is 0 Å². The minimum atomic E-state index is -1.04. The summed E-state index contributed by atoms with van der Waals surface area (Å²) in [5.74, 6) is 1.57. The van der Waals surface area contributed by atoms with E-state index in [0.717, 1.165) is 17.9 Å². The van der Waals surface area contributed by atoms with Gasteiger partial charge in [-0.25, -0.2) is 9.78 Å². The normalized spacial score (nSPS) is 19.6. The maximum atomic E-state index is 10.8. The van der Waals surface area contributed by atoms with Crippen molar-refractivity contribution < 1.29 is 9.90 Å². The van der Waals surface area contributed by atoms with E-state index in [-0.39, 0.29) is 5.69 Å². The standard InChI is InChI=1S/C10H13N3O2S/c11-7-1-2-8(10(14)15)13-9(7)12-6-3-4-16-5-6/h1-2,6H,3-5,11H2,(H,12,13)(H,14,15). The molecule has 1 fully saturated rings. The number of aromatic nitrogens is 1. The van der Waals surface area contributed by atoms with E-state index in [1.807, 2.05) is 11.8 Å². The maximum absolute atomic E-state index is 10.8. The second kappa shape index (κ2) is 4.61. The summed E-state index contributed by atoms with van der Waals surface area (Å²) in [5.41, 5.74) is 6.25. The first kappa shape index (κ1) is 11.1. The summed E-state index contributed by atoms with van der Waals surface area (Å²) in [6.45, 7) is 0. The Bertz CT molecular complexity index is 405. The molecule has 1 aromatic heterocycles. The molecule has 86 valence electrons. The molecule has 0 bridgehead atoms. The summed E-state index contributed by atoms with van der Waals surface area (Å²) in [4.78, 5) is 14.8. The van der Waals surface area contributed by atoms with Crippen LogP contribution in [0.1, 0.15) is 16.9 Å². The molecule has 1 unspecified atom stereocenters. The number of nitrogens with two attached hydrogens (primary N) is 1. The predicted octanol–water partition coefficient (Wildman–Crippen LogP) is 1.28. The van der Waals surface area contributed by atoms with Crippen LogP contribution >= 0.6 is 11.8 Å². The molecule has 4 N–H and O–H groups in total. The summed E-state index contributed by atoms with van der Waals surface area (Å²) < 4.78 is 0. The Morgan fingerprint density at radius 1 is 1.62 bits per heavy atom.